The second-order valence-electron chi connectivity index (χ2n) is 4.72. The Hall–Kier alpha value is -3.14. The zero-order valence-electron chi connectivity index (χ0n) is 11.7. The molecule has 0 atom stereocenters. The molecule has 0 heterocycles. The lowest BCUT2D eigenvalue weighted by Crippen LogP contribution is -1.92. The van der Waals surface area contributed by atoms with Gasteiger partial charge in [0.05, 0.1) is 4.92 Å². The first kappa shape index (κ1) is 13.8. The molecular formula is C18H13NO3. The third-order valence-corrected chi connectivity index (χ3v) is 3.25. The average molecular weight is 291 g/mol. The number of nitro groups is 1. The van der Waals surface area contributed by atoms with Gasteiger partial charge in [-0.3, -0.25) is 10.1 Å². The van der Waals surface area contributed by atoms with Crippen LogP contribution in [0.4, 0.5) is 5.69 Å². The number of nitrogens with zero attached hydrogens (tertiary/aromatic N) is 1. The maximum absolute atomic E-state index is 11.0. The number of ether oxygens (including phenoxy) is 1. The van der Waals surface area contributed by atoms with E-state index in [9.17, 15) is 10.1 Å². The van der Waals surface area contributed by atoms with Gasteiger partial charge in [0.2, 0.25) is 5.75 Å². The number of hydrogen-bond acceptors (Lipinski definition) is 3. The molecule has 0 spiro atoms. The molecule has 0 N–H and O–H groups in total. The van der Waals surface area contributed by atoms with Crippen LogP contribution < -0.4 is 4.74 Å². The number of benzene rings is 3. The molecular weight excluding hydrogens is 278 g/mol. The maximum Gasteiger partial charge on any atom is 0.311 e. The molecule has 0 aromatic heterocycles. The van der Waals surface area contributed by atoms with E-state index in [-0.39, 0.29) is 11.4 Å². The molecule has 0 radical (unpaired) electrons. The van der Waals surface area contributed by atoms with E-state index >= 15 is 0 Å². The summed E-state index contributed by atoms with van der Waals surface area (Å²) in [6, 6.07) is 23.8. The Bertz CT molecular complexity index is 783. The molecule has 0 amide bonds. The Kier molecular flexibility index (Phi) is 3.83. The first-order valence-corrected chi connectivity index (χ1v) is 6.81. The van der Waals surface area contributed by atoms with E-state index in [0.29, 0.717) is 5.75 Å². The molecule has 0 aliphatic carbocycles. The van der Waals surface area contributed by atoms with Crippen molar-refractivity contribution in [2.45, 2.75) is 0 Å². The predicted molar refractivity (Wildman–Crippen MR) is 85.0 cm³/mol. The number of hydrogen-bond donors (Lipinski definition) is 0. The van der Waals surface area contributed by atoms with Crippen molar-refractivity contribution >= 4 is 5.69 Å². The van der Waals surface area contributed by atoms with E-state index in [1.54, 1.807) is 30.3 Å². The van der Waals surface area contributed by atoms with Gasteiger partial charge in [0, 0.05) is 6.07 Å². The summed E-state index contributed by atoms with van der Waals surface area (Å²) in [6.07, 6.45) is 0. The van der Waals surface area contributed by atoms with Crippen molar-refractivity contribution in [1.82, 2.24) is 0 Å². The molecule has 0 aliphatic rings. The van der Waals surface area contributed by atoms with Crippen molar-refractivity contribution in [1.29, 1.82) is 0 Å². The predicted octanol–water partition coefficient (Wildman–Crippen LogP) is 5.05. The monoisotopic (exact) mass is 291 g/mol. The van der Waals surface area contributed by atoms with Gasteiger partial charge in [-0.25, -0.2) is 0 Å². The SMILES string of the molecule is O=[N+]([O-])c1ccccc1Oc1ccc(-c2ccccc2)cc1. The van der Waals surface area contributed by atoms with E-state index in [1.165, 1.54) is 6.07 Å². The van der Waals surface area contributed by atoms with E-state index < -0.39 is 4.92 Å². The largest absolute Gasteiger partial charge is 0.450 e. The first-order valence-electron chi connectivity index (χ1n) is 6.81. The van der Waals surface area contributed by atoms with Crippen LogP contribution in [0.2, 0.25) is 0 Å². The Labute approximate surface area is 127 Å². The highest BCUT2D eigenvalue weighted by Crippen LogP contribution is 2.31. The molecule has 4 nitrogen and oxygen atoms in total. The molecule has 22 heavy (non-hydrogen) atoms. The summed E-state index contributed by atoms with van der Waals surface area (Å²) in [5.41, 5.74) is 2.13. The van der Waals surface area contributed by atoms with Gasteiger partial charge in [-0.2, -0.15) is 0 Å². The van der Waals surface area contributed by atoms with Crippen molar-refractivity contribution in [3.05, 3.63) is 89.0 Å². The Morgan fingerprint density at radius 1 is 0.727 bits per heavy atom. The molecule has 0 unspecified atom stereocenters. The number of rotatable bonds is 4. The maximum atomic E-state index is 11.0. The molecule has 0 saturated carbocycles. The minimum Gasteiger partial charge on any atom is -0.450 e. The van der Waals surface area contributed by atoms with E-state index in [1.807, 2.05) is 42.5 Å². The van der Waals surface area contributed by atoms with Gasteiger partial charge in [0.1, 0.15) is 5.75 Å². The normalized spacial score (nSPS) is 10.2. The van der Waals surface area contributed by atoms with Gasteiger partial charge in [-0.05, 0) is 29.3 Å². The summed E-state index contributed by atoms with van der Waals surface area (Å²) in [7, 11) is 0. The van der Waals surface area contributed by atoms with Crippen molar-refractivity contribution in [2.24, 2.45) is 0 Å². The summed E-state index contributed by atoms with van der Waals surface area (Å²) < 4.78 is 5.62. The smallest absolute Gasteiger partial charge is 0.311 e. The molecule has 0 saturated heterocycles. The fraction of sp³-hybridized carbons (Fsp3) is 0. The summed E-state index contributed by atoms with van der Waals surface area (Å²) in [5, 5.41) is 11.0. The van der Waals surface area contributed by atoms with Gasteiger partial charge in [-0.1, -0.05) is 54.6 Å². The van der Waals surface area contributed by atoms with Gasteiger partial charge in [0.15, 0.2) is 0 Å². The van der Waals surface area contributed by atoms with Crippen molar-refractivity contribution in [2.75, 3.05) is 0 Å². The minimum absolute atomic E-state index is 0.0466. The second-order valence-corrected chi connectivity index (χ2v) is 4.72. The van der Waals surface area contributed by atoms with Crippen LogP contribution in [-0.4, -0.2) is 4.92 Å². The van der Waals surface area contributed by atoms with E-state index in [4.69, 9.17) is 4.74 Å². The van der Waals surface area contributed by atoms with Crippen LogP contribution in [0.1, 0.15) is 0 Å². The molecule has 3 rings (SSSR count). The van der Waals surface area contributed by atoms with Gasteiger partial charge in [-0.15, -0.1) is 0 Å². The van der Waals surface area contributed by atoms with Crippen LogP contribution in [0, 0.1) is 10.1 Å². The Morgan fingerprint density at radius 2 is 1.32 bits per heavy atom. The van der Waals surface area contributed by atoms with E-state index in [0.717, 1.165) is 11.1 Å². The third kappa shape index (κ3) is 2.96. The number of para-hydroxylation sites is 2. The quantitative estimate of drug-likeness (QED) is 0.499. The highest BCUT2D eigenvalue weighted by Gasteiger charge is 2.14. The minimum atomic E-state index is -0.451. The highest BCUT2D eigenvalue weighted by atomic mass is 16.6. The first-order chi connectivity index (χ1) is 10.7. The van der Waals surface area contributed by atoms with Crippen LogP contribution in [0.3, 0.4) is 0 Å². The lowest BCUT2D eigenvalue weighted by Gasteiger charge is -2.07. The number of nitro benzene ring substituents is 1. The highest BCUT2D eigenvalue weighted by molar-refractivity contribution is 5.64. The fourth-order valence-electron chi connectivity index (χ4n) is 2.17. The van der Waals surface area contributed by atoms with Crippen LogP contribution >= 0.6 is 0 Å². The fourth-order valence-corrected chi connectivity index (χ4v) is 2.17. The lowest BCUT2D eigenvalue weighted by molar-refractivity contribution is -0.385. The average Bonchev–Trinajstić information content (AvgIpc) is 2.57. The van der Waals surface area contributed by atoms with Crippen molar-refractivity contribution in [3.63, 3.8) is 0 Å². The Balaban J connectivity index is 1.84. The zero-order valence-corrected chi connectivity index (χ0v) is 11.7. The van der Waals surface area contributed by atoms with Crippen LogP contribution in [0.15, 0.2) is 78.9 Å². The van der Waals surface area contributed by atoms with Crippen molar-refractivity contribution in [3.8, 4) is 22.6 Å². The van der Waals surface area contributed by atoms with Crippen LogP contribution in [0.25, 0.3) is 11.1 Å². The lowest BCUT2D eigenvalue weighted by atomic mass is 10.1. The van der Waals surface area contributed by atoms with Crippen LogP contribution in [0.5, 0.6) is 11.5 Å². The van der Waals surface area contributed by atoms with E-state index in [2.05, 4.69) is 0 Å². The summed E-state index contributed by atoms with van der Waals surface area (Å²) >= 11 is 0. The molecule has 3 aromatic carbocycles. The molecule has 108 valence electrons. The zero-order chi connectivity index (χ0) is 15.4. The topological polar surface area (TPSA) is 52.4 Å². The summed E-state index contributed by atoms with van der Waals surface area (Å²) in [5.74, 6) is 0.800. The third-order valence-electron chi connectivity index (χ3n) is 3.25. The molecule has 3 aromatic rings. The molecule has 0 bridgehead atoms. The summed E-state index contributed by atoms with van der Waals surface area (Å²) in [4.78, 5) is 10.5. The Morgan fingerprint density at radius 3 is 2.00 bits per heavy atom. The molecule has 4 heteroatoms. The van der Waals surface area contributed by atoms with Gasteiger partial charge in [0.25, 0.3) is 0 Å². The van der Waals surface area contributed by atoms with Crippen LogP contribution in [-0.2, 0) is 0 Å². The standard InChI is InChI=1S/C18H13NO3/c20-19(21)17-8-4-5-9-18(17)22-16-12-10-15(11-13-16)14-6-2-1-3-7-14/h1-13H. The van der Waals surface area contributed by atoms with Gasteiger partial charge >= 0.3 is 5.69 Å². The van der Waals surface area contributed by atoms with Crippen molar-refractivity contribution < 1.29 is 9.66 Å². The molecule has 0 fully saturated rings. The summed E-state index contributed by atoms with van der Waals surface area (Å²) in [6.45, 7) is 0. The second kappa shape index (κ2) is 6.10. The molecule has 0 aliphatic heterocycles. The van der Waals surface area contributed by atoms with Gasteiger partial charge < -0.3 is 4.74 Å².